The highest BCUT2D eigenvalue weighted by Gasteiger charge is 1.94. The zero-order valence-electron chi connectivity index (χ0n) is 8.62. The first kappa shape index (κ1) is 12.1. The monoisotopic (exact) mass is 226 g/mol. The molecule has 0 spiro atoms. The smallest absolute Gasteiger partial charge is 0.119 e. The standard InChI is InChI=1S/C12H15ClO2/c13-11-5-7-12(8-6-11)15-10-4-2-1-3-9-14/h5-9H,1-4,10H2. The number of unbranched alkanes of at least 4 members (excludes halogenated alkanes) is 3. The number of hydrogen-bond donors (Lipinski definition) is 0. The van der Waals surface area contributed by atoms with E-state index in [2.05, 4.69) is 0 Å². The van der Waals surface area contributed by atoms with Gasteiger partial charge in [0.2, 0.25) is 0 Å². The van der Waals surface area contributed by atoms with E-state index in [0.717, 1.165) is 31.3 Å². The molecule has 0 aliphatic rings. The molecular formula is C12H15ClO2. The normalized spacial score (nSPS) is 9.93. The maximum atomic E-state index is 10.0. The van der Waals surface area contributed by atoms with Gasteiger partial charge in [-0.2, -0.15) is 0 Å². The van der Waals surface area contributed by atoms with Crippen LogP contribution in [0.2, 0.25) is 5.02 Å². The molecule has 1 aromatic carbocycles. The van der Waals surface area contributed by atoms with Crippen LogP contribution in [0.1, 0.15) is 25.7 Å². The van der Waals surface area contributed by atoms with Crippen LogP contribution in [0.3, 0.4) is 0 Å². The van der Waals surface area contributed by atoms with Crippen molar-refractivity contribution in [2.75, 3.05) is 6.61 Å². The SMILES string of the molecule is O=CCCCCCOc1ccc(Cl)cc1. The Morgan fingerprint density at radius 3 is 2.53 bits per heavy atom. The number of rotatable bonds is 7. The summed E-state index contributed by atoms with van der Waals surface area (Å²) in [6, 6.07) is 7.33. The highest BCUT2D eigenvalue weighted by molar-refractivity contribution is 6.30. The van der Waals surface area contributed by atoms with Crippen LogP contribution in [-0.4, -0.2) is 12.9 Å². The third-order valence-corrected chi connectivity index (χ3v) is 2.30. The van der Waals surface area contributed by atoms with Crippen LogP contribution in [0.25, 0.3) is 0 Å². The number of ether oxygens (including phenoxy) is 1. The van der Waals surface area contributed by atoms with Crippen molar-refractivity contribution in [2.24, 2.45) is 0 Å². The molecule has 0 saturated heterocycles. The van der Waals surface area contributed by atoms with Crippen LogP contribution < -0.4 is 4.74 Å². The maximum Gasteiger partial charge on any atom is 0.119 e. The first-order valence-electron chi connectivity index (χ1n) is 5.15. The number of hydrogen-bond acceptors (Lipinski definition) is 2. The van der Waals surface area contributed by atoms with Crippen molar-refractivity contribution in [3.8, 4) is 5.75 Å². The predicted octanol–water partition coefficient (Wildman–Crippen LogP) is 3.48. The highest BCUT2D eigenvalue weighted by atomic mass is 35.5. The number of carbonyl (C=O) groups excluding carboxylic acids is 1. The Kier molecular flexibility index (Phi) is 5.86. The second kappa shape index (κ2) is 7.30. The Morgan fingerprint density at radius 2 is 1.87 bits per heavy atom. The van der Waals surface area contributed by atoms with Crippen molar-refractivity contribution in [2.45, 2.75) is 25.7 Å². The highest BCUT2D eigenvalue weighted by Crippen LogP contribution is 2.15. The van der Waals surface area contributed by atoms with Crippen molar-refractivity contribution < 1.29 is 9.53 Å². The summed E-state index contributed by atoms with van der Waals surface area (Å²) in [7, 11) is 0. The summed E-state index contributed by atoms with van der Waals surface area (Å²) in [6.07, 6.45) is 4.58. The molecular weight excluding hydrogens is 212 g/mol. The Bertz CT molecular complexity index is 282. The quantitative estimate of drug-likeness (QED) is 0.526. The van der Waals surface area contributed by atoms with E-state index in [4.69, 9.17) is 16.3 Å². The topological polar surface area (TPSA) is 26.3 Å². The number of aldehydes is 1. The number of carbonyl (C=O) groups is 1. The zero-order chi connectivity index (χ0) is 10.9. The van der Waals surface area contributed by atoms with Gasteiger partial charge < -0.3 is 9.53 Å². The average molecular weight is 227 g/mol. The second-order valence-corrected chi connectivity index (χ2v) is 3.75. The summed E-state index contributed by atoms with van der Waals surface area (Å²) in [5.74, 6) is 0.842. The lowest BCUT2D eigenvalue weighted by molar-refractivity contribution is -0.107. The van der Waals surface area contributed by atoms with Gasteiger partial charge in [-0.1, -0.05) is 11.6 Å². The van der Waals surface area contributed by atoms with Crippen molar-refractivity contribution >= 4 is 17.9 Å². The van der Waals surface area contributed by atoms with E-state index in [-0.39, 0.29) is 0 Å². The van der Waals surface area contributed by atoms with Crippen molar-refractivity contribution in [1.29, 1.82) is 0 Å². The van der Waals surface area contributed by atoms with E-state index in [1.807, 2.05) is 24.3 Å². The summed E-state index contributed by atoms with van der Waals surface area (Å²) < 4.78 is 5.49. The molecule has 3 heteroatoms. The third kappa shape index (κ3) is 5.43. The molecule has 0 saturated carbocycles. The molecule has 0 fully saturated rings. The lowest BCUT2D eigenvalue weighted by Gasteiger charge is -2.05. The fourth-order valence-electron chi connectivity index (χ4n) is 1.23. The molecule has 1 aromatic rings. The van der Waals surface area contributed by atoms with Gasteiger partial charge in [0, 0.05) is 11.4 Å². The Labute approximate surface area is 95.2 Å². The molecule has 0 heterocycles. The predicted molar refractivity (Wildman–Crippen MR) is 61.5 cm³/mol. The van der Waals surface area contributed by atoms with Crippen molar-refractivity contribution in [1.82, 2.24) is 0 Å². The second-order valence-electron chi connectivity index (χ2n) is 3.32. The summed E-state index contributed by atoms with van der Waals surface area (Å²) in [4.78, 5) is 10.0. The van der Waals surface area contributed by atoms with Gasteiger partial charge in [-0.15, -0.1) is 0 Å². The minimum absolute atomic E-state index is 0.654. The summed E-state index contributed by atoms with van der Waals surface area (Å²) in [5, 5.41) is 0.716. The van der Waals surface area contributed by atoms with Crippen molar-refractivity contribution in [3.63, 3.8) is 0 Å². The van der Waals surface area contributed by atoms with Gasteiger partial charge >= 0.3 is 0 Å². The fraction of sp³-hybridized carbons (Fsp3) is 0.417. The third-order valence-electron chi connectivity index (χ3n) is 2.05. The summed E-state index contributed by atoms with van der Waals surface area (Å²) in [5.41, 5.74) is 0. The van der Waals surface area contributed by atoms with E-state index in [1.165, 1.54) is 0 Å². The molecule has 0 aliphatic carbocycles. The molecule has 0 atom stereocenters. The first-order chi connectivity index (χ1) is 7.33. The number of benzene rings is 1. The van der Waals surface area contributed by atoms with Crippen LogP contribution >= 0.6 is 11.6 Å². The van der Waals surface area contributed by atoms with Gasteiger partial charge in [0.25, 0.3) is 0 Å². The molecule has 0 N–H and O–H groups in total. The molecule has 0 aliphatic heterocycles. The number of halogens is 1. The van der Waals surface area contributed by atoms with Gasteiger partial charge in [0.1, 0.15) is 12.0 Å². The molecule has 2 nitrogen and oxygen atoms in total. The lowest BCUT2D eigenvalue weighted by atomic mass is 10.2. The average Bonchev–Trinajstić information content (AvgIpc) is 2.26. The van der Waals surface area contributed by atoms with E-state index < -0.39 is 0 Å². The van der Waals surface area contributed by atoms with Gasteiger partial charge in [-0.05, 0) is 43.5 Å². The first-order valence-corrected chi connectivity index (χ1v) is 5.53. The Balaban J connectivity index is 2.09. The van der Waals surface area contributed by atoms with Gasteiger partial charge in [-0.3, -0.25) is 0 Å². The molecule has 0 bridgehead atoms. The maximum absolute atomic E-state index is 10.0. The van der Waals surface area contributed by atoms with Crippen LogP contribution in [0.4, 0.5) is 0 Å². The lowest BCUT2D eigenvalue weighted by Crippen LogP contribution is -1.96. The van der Waals surface area contributed by atoms with Crippen LogP contribution in [0, 0.1) is 0 Å². The Hall–Kier alpha value is -1.02. The van der Waals surface area contributed by atoms with Gasteiger partial charge in [-0.25, -0.2) is 0 Å². The zero-order valence-corrected chi connectivity index (χ0v) is 9.37. The Morgan fingerprint density at radius 1 is 1.13 bits per heavy atom. The minimum Gasteiger partial charge on any atom is -0.494 e. The molecule has 15 heavy (non-hydrogen) atoms. The van der Waals surface area contributed by atoms with Crippen LogP contribution in [-0.2, 0) is 4.79 Å². The summed E-state index contributed by atoms with van der Waals surface area (Å²) in [6.45, 7) is 0.695. The van der Waals surface area contributed by atoms with E-state index in [9.17, 15) is 4.79 Å². The molecule has 1 rings (SSSR count). The van der Waals surface area contributed by atoms with Gasteiger partial charge in [0.15, 0.2) is 0 Å². The largest absolute Gasteiger partial charge is 0.494 e. The van der Waals surface area contributed by atoms with E-state index in [1.54, 1.807) is 0 Å². The van der Waals surface area contributed by atoms with Crippen LogP contribution in [0.15, 0.2) is 24.3 Å². The molecule has 0 amide bonds. The fourth-order valence-corrected chi connectivity index (χ4v) is 1.35. The minimum atomic E-state index is 0.654. The van der Waals surface area contributed by atoms with E-state index in [0.29, 0.717) is 18.1 Å². The van der Waals surface area contributed by atoms with Gasteiger partial charge in [0.05, 0.1) is 6.61 Å². The molecule has 82 valence electrons. The molecule has 0 aromatic heterocycles. The molecule has 0 unspecified atom stereocenters. The summed E-state index contributed by atoms with van der Waals surface area (Å²) >= 11 is 5.74. The molecule has 0 radical (unpaired) electrons. The van der Waals surface area contributed by atoms with E-state index >= 15 is 0 Å². The van der Waals surface area contributed by atoms with Crippen LogP contribution in [0.5, 0.6) is 5.75 Å². The van der Waals surface area contributed by atoms with Crippen molar-refractivity contribution in [3.05, 3.63) is 29.3 Å².